The number of amides is 1. The number of carbonyl (C=O) groups is 2. The fourth-order valence-electron chi connectivity index (χ4n) is 2.01. The van der Waals surface area contributed by atoms with E-state index in [2.05, 4.69) is 0 Å². The monoisotopic (exact) mass is 317 g/mol. The van der Waals surface area contributed by atoms with Crippen LogP contribution in [0.15, 0.2) is 18.2 Å². The van der Waals surface area contributed by atoms with Gasteiger partial charge >= 0.3 is 5.97 Å². The van der Waals surface area contributed by atoms with Gasteiger partial charge < -0.3 is 14.7 Å². The molecule has 0 spiro atoms. The molecule has 0 bridgehead atoms. The number of benzene rings is 1. The molecule has 5 nitrogen and oxygen atoms in total. The van der Waals surface area contributed by atoms with Crippen molar-refractivity contribution in [1.82, 2.24) is 4.90 Å². The Bertz CT molecular complexity index is 535. The summed E-state index contributed by atoms with van der Waals surface area (Å²) in [4.78, 5) is 24.2. The molecule has 1 heterocycles. The molecule has 20 heavy (non-hydrogen) atoms. The number of hydrogen-bond acceptors (Lipinski definition) is 3. The Morgan fingerprint density at radius 1 is 1.40 bits per heavy atom. The van der Waals surface area contributed by atoms with Crippen molar-refractivity contribution < 1.29 is 19.4 Å². The molecule has 0 saturated carbocycles. The summed E-state index contributed by atoms with van der Waals surface area (Å²) in [5.41, 5.74) is 0. The highest BCUT2D eigenvalue weighted by molar-refractivity contribution is 6.34. The molecular weight excluding hydrogens is 305 g/mol. The van der Waals surface area contributed by atoms with Gasteiger partial charge in [-0.1, -0.05) is 23.2 Å². The highest BCUT2D eigenvalue weighted by Gasteiger charge is 2.30. The fraction of sp³-hybridized carbons (Fsp3) is 0.385. The maximum Gasteiger partial charge on any atom is 0.308 e. The average molecular weight is 318 g/mol. The lowest BCUT2D eigenvalue weighted by molar-refractivity contribution is -0.141. The molecule has 1 unspecified atom stereocenters. The number of halogens is 2. The number of carboxylic acid groups (broad SMARTS) is 1. The predicted molar refractivity (Wildman–Crippen MR) is 74.3 cm³/mol. The minimum atomic E-state index is -0.876. The van der Waals surface area contributed by atoms with Crippen LogP contribution < -0.4 is 4.74 Å². The minimum Gasteiger partial charge on any atom is -0.482 e. The van der Waals surface area contributed by atoms with Gasteiger partial charge in [-0.15, -0.1) is 0 Å². The van der Waals surface area contributed by atoms with Gasteiger partial charge in [-0.25, -0.2) is 0 Å². The first kappa shape index (κ1) is 14.9. The molecule has 1 N–H and O–H groups in total. The molecule has 0 radical (unpaired) electrons. The van der Waals surface area contributed by atoms with Gasteiger partial charge in [-0.3, -0.25) is 9.59 Å². The Morgan fingerprint density at radius 3 is 2.80 bits per heavy atom. The van der Waals surface area contributed by atoms with Crippen LogP contribution >= 0.6 is 23.2 Å². The van der Waals surface area contributed by atoms with Crippen LogP contribution in [0.4, 0.5) is 0 Å². The summed E-state index contributed by atoms with van der Waals surface area (Å²) in [7, 11) is 0. The first-order valence-corrected chi connectivity index (χ1v) is 6.81. The molecule has 1 atom stereocenters. The van der Waals surface area contributed by atoms with Crippen LogP contribution in [0.3, 0.4) is 0 Å². The Hall–Kier alpha value is -1.46. The lowest BCUT2D eigenvalue weighted by atomic mass is 10.1. The van der Waals surface area contributed by atoms with E-state index >= 15 is 0 Å². The summed E-state index contributed by atoms with van der Waals surface area (Å²) in [5.74, 6) is -1.29. The molecule has 0 aliphatic carbocycles. The van der Waals surface area contributed by atoms with E-state index in [0.717, 1.165) is 0 Å². The molecular formula is C13H13Cl2NO4. The lowest BCUT2D eigenvalue weighted by Gasteiger charge is -2.16. The van der Waals surface area contributed by atoms with Crippen LogP contribution in [-0.4, -0.2) is 41.6 Å². The van der Waals surface area contributed by atoms with Crippen molar-refractivity contribution in [2.45, 2.75) is 6.42 Å². The van der Waals surface area contributed by atoms with E-state index in [1.54, 1.807) is 12.1 Å². The van der Waals surface area contributed by atoms with Gasteiger partial charge in [0, 0.05) is 24.2 Å². The molecule has 1 aliphatic heterocycles. The first-order valence-electron chi connectivity index (χ1n) is 6.06. The molecule has 1 saturated heterocycles. The number of likely N-dealkylation sites (tertiary alicyclic amines) is 1. The number of ether oxygens (including phenoxy) is 1. The Balaban J connectivity index is 1.90. The molecule has 7 heteroatoms. The van der Waals surface area contributed by atoms with Gasteiger partial charge in [-0.2, -0.15) is 0 Å². The summed E-state index contributed by atoms with van der Waals surface area (Å²) in [6, 6.07) is 4.73. The zero-order chi connectivity index (χ0) is 14.7. The van der Waals surface area contributed by atoms with E-state index in [-0.39, 0.29) is 19.1 Å². The second-order valence-electron chi connectivity index (χ2n) is 4.53. The van der Waals surface area contributed by atoms with Gasteiger partial charge in [0.05, 0.1) is 10.9 Å². The Morgan fingerprint density at radius 2 is 2.15 bits per heavy atom. The van der Waals surface area contributed by atoms with Gasteiger partial charge in [0.2, 0.25) is 0 Å². The van der Waals surface area contributed by atoms with E-state index in [0.29, 0.717) is 28.8 Å². The Labute approximate surface area is 126 Å². The SMILES string of the molecule is O=C(O)C1CCN(C(=O)COc2cc(Cl)ccc2Cl)C1. The first-order chi connectivity index (χ1) is 9.47. The number of rotatable bonds is 4. The van der Waals surface area contributed by atoms with Crippen LogP contribution in [0.1, 0.15) is 6.42 Å². The molecule has 1 aromatic carbocycles. The summed E-state index contributed by atoms with van der Waals surface area (Å²) < 4.78 is 5.33. The summed E-state index contributed by atoms with van der Waals surface area (Å²) in [5, 5.41) is 9.72. The molecule has 1 aliphatic rings. The number of hydrogen-bond donors (Lipinski definition) is 1. The normalized spacial score (nSPS) is 18.1. The van der Waals surface area contributed by atoms with E-state index in [1.165, 1.54) is 11.0 Å². The minimum absolute atomic E-state index is 0.188. The second-order valence-corrected chi connectivity index (χ2v) is 5.37. The van der Waals surface area contributed by atoms with E-state index in [1.807, 2.05) is 0 Å². The zero-order valence-electron chi connectivity index (χ0n) is 10.5. The fourth-order valence-corrected chi connectivity index (χ4v) is 2.34. The van der Waals surface area contributed by atoms with Crippen molar-refractivity contribution in [3.05, 3.63) is 28.2 Å². The van der Waals surface area contributed by atoms with Crippen molar-refractivity contribution >= 4 is 35.1 Å². The summed E-state index contributed by atoms with van der Waals surface area (Å²) >= 11 is 11.7. The van der Waals surface area contributed by atoms with Crippen molar-refractivity contribution in [3.63, 3.8) is 0 Å². The smallest absolute Gasteiger partial charge is 0.308 e. The third-order valence-electron chi connectivity index (χ3n) is 3.13. The maximum absolute atomic E-state index is 11.9. The van der Waals surface area contributed by atoms with Crippen LogP contribution in [0, 0.1) is 5.92 Å². The molecule has 1 amide bonds. The Kier molecular flexibility index (Phi) is 4.73. The van der Waals surface area contributed by atoms with Crippen molar-refractivity contribution in [2.24, 2.45) is 5.92 Å². The van der Waals surface area contributed by atoms with Gasteiger partial charge in [0.1, 0.15) is 5.75 Å². The maximum atomic E-state index is 11.9. The second kappa shape index (κ2) is 6.33. The molecule has 2 rings (SSSR count). The zero-order valence-corrected chi connectivity index (χ0v) is 12.0. The number of carboxylic acids is 1. The summed E-state index contributed by atoms with van der Waals surface area (Å²) in [6.45, 7) is 0.468. The number of carbonyl (C=O) groups excluding carboxylic acids is 1. The highest BCUT2D eigenvalue weighted by atomic mass is 35.5. The molecule has 0 aromatic heterocycles. The third kappa shape index (κ3) is 3.55. The predicted octanol–water partition coefficient (Wildman–Crippen LogP) is 2.31. The van der Waals surface area contributed by atoms with E-state index < -0.39 is 11.9 Å². The van der Waals surface area contributed by atoms with Gasteiger partial charge in [0.15, 0.2) is 6.61 Å². The molecule has 1 fully saturated rings. The standard InChI is InChI=1S/C13H13Cl2NO4/c14-9-1-2-10(15)11(5-9)20-7-12(17)16-4-3-8(6-16)13(18)19/h1-2,5,8H,3-4,6-7H2,(H,18,19). The van der Waals surface area contributed by atoms with Crippen molar-refractivity contribution in [1.29, 1.82) is 0 Å². The van der Waals surface area contributed by atoms with Gasteiger partial charge in [0.25, 0.3) is 5.91 Å². The van der Waals surface area contributed by atoms with Crippen LogP contribution in [0.25, 0.3) is 0 Å². The molecule has 108 valence electrons. The van der Waals surface area contributed by atoms with Crippen molar-refractivity contribution in [2.75, 3.05) is 19.7 Å². The van der Waals surface area contributed by atoms with Crippen LogP contribution in [0.5, 0.6) is 5.75 Å². The number of aliphatic carboxylic acids is 1. The topological polar surface area (TPSA) is 66.8 Å². The summed E-state index contributed by atoms with van der Waals surface area (Å²) in [6.07, 6.45) is 0.471. The van der Waals surface area contributed by atoms with Crippen LogP contribution in [0.2, 0.25) is 10.0 Å². The van der Waals surface area contributed by atoms with Crippen molar-refractivity contribution in [3.8, 4) is 5.75 Å². The largest absolute Gasteiger partial charge is 0.482 e. The van der Waals surface area contributed by atoms with Gasteiger partial charge in [-0.05, 0) is 18.6 Å². The molecule has 1 aromatic rings. The average Bonchev–Trinajstić information content (AvgIpc) is 2.89. The van der Waals surface area contributed by atoms with E-state index in [4.69, 9.17) is 33.0 Å². The van der Waals surface area contributed by atoms with E-state index in [9.17, 15) is 9.59 Å². The quantitative estimate of drug-likeness (QED) is 0.925. The number of nitrogens with zero attached hydrogens (tertiary/aromatic N) is 1. The lowest BCUT2D eigenvalue weighted by Crippen LogP contribution is -2.33. The highest BCUT2D eigenvalue weighted by Crippen LogP contribution is 2.27. The third-order valence-corrected chi connectivity index (χ3v) is 3.68. The van der Waals surface area contributed by atoms with Crippen LogP contribution in [-0.2, 0) is 9.59 Å².